The van der Waals surface area contributed by atoms with Gasteiger partial charge in [0.1, 0.15) is 5.82 Å². The number of rotatable bonds is 4. The molecular formula is C12H11N5O2. The van der Waals surface area contributed by atoms with Crippen molar-refractivity contribution >= 4 is 16.6 Å². The normalized spacial score (nSPS) is 10.9. The van der Waals surface area contributed by atoms with Gasteiger partial charge in [0, 0.05) is 49.1 Å². The molecule has 0 aliphatic rings. The molecule has 2 heterocycles. The SMILES string of the molecule is O=[N+]([O-])c1ccc2cn(CCc3ncc[nH]3)nc2c1. The van der Waals surface area contributed by atoms with Crippen LogP contribution in [0.1, 0.15) is 5.82 Å². The van der Waals surface area contributed by atoms with E-state index in [9.17, 15) is 10.1 Å². The molecule has 2 aromatic heterocycles. The third kappa shape index (κ3) is 2.30. The van der Waals surface area contributed by atoms with E-state index >= 15 is 0 Å². The molecule has 0 aliphatic carbocycles. The Bertz CT molecular complexity index is 717. The predicted molar refractivity (Wildman–Crippen MR) is 68.7 cm³/mol. The Hall–Kier alpha value is -2.70. The molecule has 0 amide bonds. The Morgan fingerprint density at radius 2 is 2.32 bits per heavy atom. The Morgan fingerprint density at radius 1 is 1.42 bits per heavy atom. The molecule has 7 heteroatoms. The van der Waals surface area contributed by atoms with Gasteiger partial charge in [0.25, 0.3) is 5.69 Å². The molecule has 0 radical (unpaired) electrons. The lowest BCUT2D eigenvalue weighted by Gasteiger charge is -1.97. The number of hydrogen-bond donors (Lipinski definition) is 1. The van der Waals surface area contributed by atoms with Crippen molar-refractivity contribution in [1.29, 1.82) is 0 Å². The number of fused-ring (bicyclic) bond motifs is 1. The molecule has 0 aliphatic heterocycles. The summed E-state index contributed by atoms with van der Waals surface area (Å²) in [6.07, 6.45) is 6.10. The largest absolute Gasteiger partial charge is 0.349 e. The van der Waals surface area contributed by atoms with Gasteiger partial charge in [0.2, 0.25) is 0 Å². The van der Waals surface area contributed by atoms with Gasteiger partial charge >= 0.3 is 0 Å². The zero-order chi connectivity index (χ0) is 13.2. The van der Waals surface area contributed by atoms with Crippen molar-refractivity contribution in [3.8, 4) is 0 Å². The molecule has 1 N–H and O–H groups in total. The number of non-ortho nitro benzene ring substituents is 1. The fourth-order valence-electron chi connectivity index (χ4n) is 1.94. The third-order valence-corrected chi connectivity index (χ3v) is 2.88. The van der Waals surface area contributed by atoms with Gasteiger partial charge < -0.3 is 4.98 Å². The number of H-pyrrole nitrogens is 1. The first-order valence-corrected chi connectivity index (χ1v) is 5.82. The summed E-state index contributed by atoms with van der Waals surface area (Å²) in [5, 5.41) is 15.9. The minimum atomic E-state index is -0.415. The molecule has 0 atom stereocenters. The van der Waals surface area contributed by atoms with Gasteiger partial charge in [0.05, 0.1) is 10.4 Å². The summed E-state index contributed by atoms with van der Waals surface area (Å²) in [5.41, 5.74) is 0.692. The number of nitro groups is 1. The smallest absolute Gasteiger partial charge is 0.271 e. The molecule has 0 unspecified atom stereocenters. The molecule has 0 saturated heterocycles. The van der Waals surface area contributed by atoms with E-state index in [1.165, 1.54) is 12.1 Å². The Balaban J connectivity index is 1.83. The van der Waals surface area contributed by atoms with Crippen molar-refractivity contribution in [1.82, 2.24) is 19.7 Å². The van der Waals surface area contributed by atoms with Crippen LogP contribution >= 0.6 is 0 Å². The average Bonchev–Trinajstić information content (AvgIpc) is 3.04. The van der Waals surface area contributed by atoms with Crippen LogP contribution in [0.4, 0.5) is 5.69 Å². The van der Waals surface area contributed by atoms with Crippen LogP contribution in [0.2, 0.25) is 0 Å². The second kappa shape index (κ2) is 4.52. The highest BCUT2D eigenvalue weighted by Gasteiger charge is 2.08. The van der Waals surface area contributed by atoms with E-state index < -0.39 is 4.92 Å². The fourth-order valence-corrected chi connectivity index (χ4v) is 1.94. The minimum Gasteiger partial charge on any atom is -0.349 e. The zero-order valence-corrected chi connectivity index (χ0v) is 9.98. The van der Waals surface area contributed by atoms with Gasteiger partial charge in [-0.3, -0.25) is 14.8 Å². The van der Waals surface area contributed by atoms with Crippen LogP contribution < -0.4 is 0 Å². The highest BCUT2D eigenvalue weighted by Crippen LogP contribution is 2.19. The minimum absolute atomic E-state index is 0.0591. The monoisotopic (exact) mass is 257 g/mol. The highest BCUT2D eigenvalue weighted by molar-refractivity contribution is 5.80. The van der Waals surface area contributed by atoms with Gasteiger partial charge in [-0.1, -0.05) is 0 Å². The van der Waals surface area contributed by atoms with E-state index in [2.05, 4.69) is 15.1 Å². The summed E-state index contributed by atoms with van der Waals surface area (Å²) < 4.78 is 1.77. The quantitative estimate of drug-likeness (QED) is 0.571. The summed E-state index contributed by atoms with van der Waals surface area (Å²) >= 11 is 0. The van der Waals surface area contributed by atoms with Crippen LogP contribution in [0.5, 0.6) is 0 Å². The van der Waals surface area contributed by atoms with E-state index in [1.54, 1.807) is 23.1 Å². The first-order chi connectivity index (χ1) is 9.22. The Morgan fingerprint density at radius 3 is 3.05 bits per heavy atom. The van der Waals surface area contributed by atoms with E-state index in [4.69, 9.17) is 0 Å². The molecule has 3 aromatic rings. The third-order valence-electron chi connectivity index (χ3n) is 2.88. The number of nitrogens with zero attached hydrogens (tertiary/aromatic N) is 4. The second-order valence-corrected chi connectivity index (χ2v) is 4.18. The van der Waals surface area contributed by atoms with Gasteiger partial charge in [0.15, 0.2) is 0 Å². The van der Waals surface area contributed by atoms with E-state index in [-0.39, 0.29) is 5.69 Å². The van der Waals surface area contributed by atoms with Crippen LogP contribution in [0.25, 0.3) is 10.9 Å². The van der Waals surface area contributed by atoms with Crippen LogP contribution in [0.15, 0.2) is 36.8 Å². The van der Waals surface area contributed by atoms with E-state index in [1.807, 2.05) is 6.20 Å². The topological polar surface area (TPSA) is 89.6 Å². The molecule has 0 fully saturated rings. The van der Waals surface area contributed by atoms with Crippen molar-refractivity contribution in [3.05, 3.63) is 52.7 Å². The van der Waals surface area contributed by atoms with Crippen LogP contribution in [-0.4, -0.2) is 24.7 Å². The standard InChI is InChI=1S/C12H11N5O2/c18-17(19)10-2-1-9-8-16(15-11(9)7-10)6-3-12-13-4-5-14-12/h1-2,4-5,7-8H,3,6H2,(H,13,14). The van der Waals surface area contributed by atoms with Crippen LogP contribution in [-0.2, 0) is 13.0 Å². The van der Waals surface area contributed by atoms with Crippen molar-refractivity contribution in [2.45, 2.75) is 13.0 Å². The number of imidazole rings is 1. The van der Waals surface area contributed by atoms with Crippen molar-refractivity contribution in [3.63, 3.8) is 0 Å². The summed E-state index contributed by atoms with van der Waals surface area (Å²) in [5.74, 6) is 0.894. The lowest BCUT2D eigenvalue weighted by atomic mass is 10.2. The first kappa shape index (κ1) is 11.4. The molecule has 3 rings (SSSR count). The molecule has 19 heavy (non-hydrogen) atoms. The van der Waals surface area contributed by atoms with Crippen molar-refractivity contribution in [2.24, 2.45) is 0 Å². The number of benzene rings is 1. The average molecular weight is 257 g/mol. The Labute approximate surface area is 108 Å². The molecule has 0 bridgehead atoms. The lowest BCUT2D eigenvalue weighted by Crippen LogP contribution is -2.02. The van der Waals surface area contributed by atoms with E-state index in [0.717, 1.165) is 17.6 Å². The van der Waals surface area contributed by atoms with Gasteiger partial charge in [-0.2, -0.15) is 5.10 Å². The predicted octanol–water partition coefficient (Wildman–Crippen LogP) is 1.91. The Kier molecular flexibility index (Phi) is 2.71. The molecule has 1 aromatic carbocycles. The summed E-state index contributed by atoms with van der Waals surface area (Å²) in [6.45, 7) is 0.677. The highest BCUT2D eigenvalue weighted by atomic mass is 16.6. The second-order valence-electron chi connectivity index (χ2n) is 4.18. The maximum absolute atomic E-state index is 10.7. The fraction of sp³-hybridized carbons (Fsp3) is 0.167. The number of nitro benzene ring substituents is 1. The van der Waals surface area contributed by atoms with Gasteiger partial charge in [-0.25, -0.2) is 4.98 Å². The summed E-state index contributed by atoms with van der Waals surface area (Å²) in [6, 6.07) is 4.68. The van der Waals surface area contributed by atoms with Crippen LogP contribution in [0, 0.1) is 10.1 Å². The van der Waals surface area contributed by atoms with Gasteiger partial charge in [-0.15, -0.1) is 0 Å². The lowest BCUT2D eigenvalue weighted by molar-refractivity contribution is -0.384. The van der Waals surface area contributed by atoms with E-state index in [0.29, 0.717) is 12.1 Å². The number of hydrogen-bond acceptors (Lipinski definition) is 4. The molecule has 0 spiro atoms. The maximum Gasteiger partial charge on any atom is 0.271 e. The summed E-state index contributed by atoms with van der Waals surface area (Å²) in [4.78, 5) is 17.4. The number of nitrogens with one attached hydrogen (secondary N) is 1. The number of aromatic amines is 1. The number of aryl methyl sites for hydroxylation is 2. The maximum atomic E-state index is 10.7. The number of aromatic nitrogens is 4. The summed E-state index contributed by atoms with van der Waals surface area (Å²) in [7, 11) is 0. The van der Waals surface area contributed by atoms with Crippen molar-refractivity contribution < 1.29 is 4.92 Å². The van der Waals surface area contributed by atoms with Crippen LogP contribution in [0.3, 0.4) is 0 Å². The zero-order valence-electron chi connectivity index (χ0n) is 9.98. The van der Waals surface area contributed by atoms with Crippen molar-refractivity contribution in [2.75, 3.05) is 0 Å². The molecular weight excluding hydrogens is 246 g/mol. The molecule has 0 saturated carbocycles. The molecule has 96 valence electrons. The van der Waals surface area contributed by atoms with Gasteiger partial charge in [-0.05, 0) is 6.07 Å². The molecule has 7 nitrogen and oxygen atoms in total. The first-order valence-electron chi connectivity index (χ1n) is 5.82.